The third-order valence-corrected chi connectivity index (χ3v) is 3.38. The van der Waals surface area contributed by atoms with Crippen molar-refractivity contribution in [3.63, 3.8) is 0 Å². The monoisotopic (exact) mass is 223 g/mol. The number of aliphatic hydroxyl groups excluding tert-OH is 1. The molecule has 1 fully saturated rings. The van der Waals surface area contributed by atoms with Crippen LogP contribution >= 0.6 is 0 Å². The van der Waals surface area contributed by atoms with Crippen LogP contribution in [0.5, 0.6) is 0 Å². The number of piperidine rings is 1. The van der Waals surface area contributed by atoms with Crippen LogP contribution in [0.3, 0.4) is 0 Å². The molecule has 0 radical (unpaired) electrons. The van der Waals surface area contributed by atoms with E-state index in [0.29, 0.717) is 0 Å². The lowest BCUT2D eigenvalue weighted by atomic mass is 10.0. The third kappa shape index (κ3) is 2.60. The van der Waals surface area contributed by atoms with Gasteiger partial charge < -0.3 is 5.11 Å². The molecular formula is C13H18FNO. The summed E-state index contributed by atoms with van der Waals surface area (Å²) in [6, 6.07) is 6.99. The maximum Gasteiger partial charge on any atom is 0.123 e. The molecule has 16 heavy (non-hydrogen) atoms. The summed E-state index contributed by atoms with van der Waals surface area (Å²) in [7, 11) is 0. The van der Waals surface area contributed by atoms with Crippen LogP contribution in [0.25, 0.3) is 0 Å². The van der Waals surface area contributed by atoms with Crippen LogP contribution in [0, 0.1) is 5.82 Å². The van der Waals surface area contributed by atoms with E-state index in [0.717, 1.165) is 31.5 Å². The summed E-state index contributed by atoms with van der Waals surface area (Å²) in [4.78, 5) is 2.29. The van der Waals surface area contributed by atoms with E-state index in [9.17, 15) is 9.50 Å². The third-order valence-electron chi connectivity index (χ3n) is 3.38. The quantitative estimate of drug-likeness (QED) is 0.832. The van der Waals surface area contributed by atoms with Crippen molar-refractivity contribution in [1.82, 2.24) is 4.90 Å². The zero-order valence-electron chi connectivity index (χ0n) is 9.56. The Labute approximate surface area is 95.7 Å². The van der Waals surface area contributed by atoms with Gasteiger partial charge in [-0.05, 0) is 37.5 Å². The standard InChI is InChI=1S/C13H18FNO/c1-10(11-3-2-4-12(14)9-11)15-7-5-13(16)6-8-15/h2-4,9-10,13,16H,5-8H2,1H3/t10-/m1/s1. The molecule has 2 rings (SSSR count). The van der Waals surface area contributed by atoms with Gasteiger partial charge in [0.25, 0.3) is 0 Å². The molecule has 0 spiro atoms. The lowest BCUT2D eigenvalue weighted by molar-refractivity contribution is 0.0644. The second-order valence-electron chi connectivity index (χ2n) is 4.50. The number of benzene rings is 1. The molecule has 0 amide bonds. The highest BCUT2D eigenvalue weighted by atomic mass is 19.1. The van der Waals surface area contributed by atoms with E-state index in [2.05, 4.69) is 11.8 Å². The van der Waals surface area contributed by atoms with Crippen molar-refractivity contribution in [2.45, 2.75) is 31.9 Å². The number of aliphatic hydroxyl groups is 1. The first kappa shape index (κ1) is 11.6. The SMILES string of the molecule is C[C@H](c1cccc(F)c1)N1CCC(O)CC1. The van der Waals surface area contributed by atoms with Gasteiger partial charge in [0.15, 0.2) is 0 Å². The van der Waals surface area contributed by atoms with Crippen molar-refractivity contribution < 1.29 is 9.50 Å². The van der Waals surface area contributed by atoms with E-state index in [1.807, 2.05) is 6.07 Å². The van der Waals surface area contributed by atoms with Gasteiger partial charge in [0.2, 0.25) is 0 Å². The summed E-state index contributed by atoms with van der Waals surface area (Å²) in [6.07, 6.45) is 1.48. The van der Waals surface area contributed by atoms with Gasteiger partial charge in [-0.15, -0.1) is 0 Å². The highest BCUT2D eigenvalue weighted by Gasteiger charge is 2.22. The van der Waals surface area contributed by atoms with Crippen molar-refractivity contribution in [2.75, 3.05) is 13.1 Å². The lowest BCUT2D eigenvalue weighted by Gasteiger charge is -2.34. The first-order valence-corrected chi connectivity index (χ1v) is 5.84. The highest BCUT2D eigenvalue weighted by Crippen LogP contribution is 2.24. The van der Waals surface area contributed by atoms with Gasteiger partial charge in [-0.2, -0.15) is 0 Å². The molecule has 2 nitrogen and oxygen atoms in total. The number of rotatable bonds is 2. The fourth-order valence-corrected chi connectivity index (χ4v) is 2.25. The zero-order chi connectivity index (χ0) is 11.5. The zero-order valence-corrected chi connectivity index (χ0v) is 9.56. The molecule has 1 saturated heterocycles. The Kier molecular flexibility index (Phi) is 3.56. The van der Waals surface area contributed by atoms with E-state index in [1.54, 1.807) is 12.1 Å². The number of hydrogen-bond acceptors (Lipinski definition) is 2. The van der Waals surface area contributed by atoms with Crippen LogP contribution in [0.1, 0.15) is 31.4 Å². The van der Waals surface area contributed by atoms with Crippen molar-refractivity contribution in [1.29, 1.82) is 0 Å². The van der Waals surface area contributed by atoms with E-state index < -0.39 is 0 Å². The molecule has 1 heterocycles. The smallest absolute Gasteiger partial charge is 0.123 e. The molecule has 0 aliphatic carbocycles. The second kappa shape index (κ2) is 4.93. The first-order chi connectivity index (χ1) is 7.66. The second-order valence-corrected chi connectivity index (χ2v) is 4.50. The van der Waals surface area contributed by atoms with Gasteiger partial charge >= 0.3 is 0 Å². The van der Waals surface area contributed by atoms with Gasteiger partial charge in [-0.25, -0.2) is 4.39 Å². The van der Waals surface area contributed by atoms with Crippen LogP contribution in [0.4, 0.5) is 4.39 Å². The Morgan fingerprint density at radius 3 is 2.69 bits per heavy atom. The summed E-state index contributed by atoms with van der Waals surface area (Å²) in [5.74, 6) is -0.179. The van der Waals surface area contributed by atoms with Crippen molar-refractivity contribution >= 4 is 0 Å². The number of hydrogen-bond donors (Lipinski definition) is 1. The Morgan fingerprint density at radius 1 is 1.38 bits per heavy atom. The predicted molar refractivity (Wildman–Crippen MR) is 61.6 cm³/mol. The molecule has 1 N–H and O–H groups in total. The fourth-order valence-electron chi connectivity index (χ4n) is 2.25. The first-order valence-electron chi connectivity index (χ1n) is 5.84. The van der Waals surface area contributed by atoms with Crippen LogP contribution in [-0.2, 0) is 0 Å². The minimum absolute atomic E-state index is 0.157. The topological polar surface area (TPSA) is 23.5 Å². The average Bonchev–Trinajstić information content (AvgIpc) is 2.29. The van der Waals surface area contributed by atoms with E-state index in [4.69, 9.17) is 0 Å². The van der Waals surface area contributed by atoms with Crippen LogP contribution in [-0.4, -0.2) is 29.2 Å². The highest BCUT2D eigenvalue weighted by molar-refractivity contribution is 5.19. The molecule has 0 unspecified atom stereocenters. The lowest BCUT2D eigenvalue weighted by Crippen LogP contribution is -2.37. The van der Waals surface area contributed by atoms with E-state index >= 15 is 0 Å². The molecule has 1 aliphatic rings. The summed E-state index contributed by atoms with van der Waals surface area (Å²) < 4.78 is 13.1. The predicted octanol–water partition coefficient (Wildman–Crippen LogP) is 2.34. The Balaban J connectivity index is 2.04. The molecule has 1 aromatic carbocycles. The Hall–Kier alpha value is -0.930. The Morgan fingerprint density at radius 2 is 2.06 bits per heavy atom. The minimum atomic E-state index is -0.179. The van der Waals surface area contributed by atoms with Crippen molar-refractivity contribution in [2.24, 2.45) is 0 Å². The molecule has 88 valence electrons. The summed E-state index contributed by atoms with van der Waals surface area (Å²) in [5, 5.41) is 9.44. The largest absolute Gasteiger partial charge is 0.393 e. The molecule has 1 atom stereocenters. The maximum atomic E-state index is 13.1. The normalized spacial score (nSPS) is 20.9. The molecular weight excluding hydrogens is 205 g/mol. The molecule has 0 bridgehead atoms. The van der Waals surface area contributed by atoms with Crippen LogP contribution in [0.2, 0.25) is 0 Å². The minimum Gasteiger partial charge on any atom is -0.393 e. The molecule has 0 saturated carbocycles. The van der Waals surface area contributed by atoms with E-state index in [-0.39, 0.29) is 18.0 Å². The van der Waals surface area contributed by atoms with Gasteiger partial charge in [-0.3, -0.25) is 4.90 Å². The molecule has 3 heteroatoms. The number of likely N-dealkylation sites (tertiary alicyclic amines) is 1. The van der Waals surface area contributed by atoms with Crippen molar-refractivity contribution in [3.8, 4) is 0 Å². The van der Waals surface area contributed by atoms with Gasteiger partial charge in [-0.1, -0.05) is 12.1 Å². The summed E-state index contributed by atoms with van der Waals surface area (Å²) >= 11 is 0. The van der Waals surface area contributed by atoms with E-state index in [1.165, 1.54) is 6.07 Å². The summed E-state index contributed by atoms with van der Waals surface area (Å²) in [6.45, 7) is 3.87. The van der Waals surface area contributed by atoms with Crippen molar-refractivity contribution in [3.05, 3.63) is 35.6 Å². The van der Waals surface area contributed by atoms with Crippen LogP contribution in [0.15, 0.2) is 24.3 Å². The number of nitrogens with zero attached hydrogens (tertiary/aromatic N) is 1. The van der Waals surface area contributed by atoms with Crippen LogP contribution < -0.4 is 0 Å². The molecule has 0 aromatic heterocycles. The van der Waals surface area contributed by atoms with Gasteiger partial charge in [0.1, 0.15) is 5.82 Å². The number of halogens is 1. The summed E-state index contributed by atoms with van der Waals surface area (Å²) in [5.41, 5.74) is 1.01. The molecule has 1 aliphatic heterocycles. The fraction of sp³-hybridized carbons (Fsp3) is 0.538. The maximum absolute atomic E-state index is 13.1. The Bertz CT molecular complexity index is 348. The van der Waals surface area contributed by atoms with Gasteiger partial charge in [0, 0.05) is 19.1 Å². The van der Waals surface area contributed by atoms with Gasteiger partial charge in [0.05, 0.1) is 6.10 Å². The average molecular weight is 223 g/mol. The molecule has 1 aromatic rings.